The number of likely N-dealkylation sites (tertiary alicyclic amines) is 1. The van der Waals surface area contributed by atoms with E-state index in [9.17, 15) is 9.90 Å². The summed E-state index contributed by atoms with van der Waals surface area (Å²) in [6.07, 6.45) is 3.82. The van der Waals surface area contributed by atoms with Crippen LogP contribution in [0.3, 0.4) is 0 Å². The van der Waals surface area contributed by atoms with E-state index in [0.29, 0.717) is 12.5 Å². The van der Waals surface area contributed by atoms with Gasteiger partial charge in [-0.2, -0.15) is 5.10 Å². The van der Waals surface area contributed by atoms with Crippen LogP contribution in [0.4, 0.5) is 0 Å². The lowest BCUT2D eigenvalue weighted by atomic mass is 9.71. The summed E-state index contributed by atoms with van der Waals surface area (Å²) in [5.41, 5.74) is 3.19. The summed E-state index contributed by atoms with van der Waals surface area (Å²) in [5, 5.41) is 14.4. The Hall–Kier alpha value is -1.36. The molecule has 2 fully saturated rings. The molecule has 1 aromatic heterocycles. The zero-order chi connectivity index (χ0) is 16.1. The molecular weight excluding hydrogens is 278 g/mol. The third kappa shape index (κ3) is 2.45. The maximum absolute atomic E-state index is 12.8. The molecule has 1 N–H and O–H groups in total. The molecule has 0 unspecified atom stereocenters. The monoisotopic (exact) mass is 305 g/mol. The number of aliphatic hydroxyl groups excluding tert-OH is 1. The van der Waals surface area contributed by atoms with Crippen molar-refractivity contribution in [3.05, 3.63) is 17.0 Å². The van der Waals surface area contributed by atoms with E-state index < -0.39 is 0 Å². The Morgan fingerprint density at radius 2 is 2.14 bits per heavy atom. The first-order valence-electron chi connectivity index (χ1n) is 8.28. The summed E-state index contributed by atoms with van der Waals surface area (Å²) >= 11 is 0. The highest BCUT2D eigenvalue weighted by molar-refractivity contribution is 5.80. The van der Waals surface area contributed by atoms with Crippen molar-refractivity contribution in [2.24, 2.45) is 12.5 Å². The molecule has 3 rings (SSSR count). The summed E-state index contributed by atoms with van der Waals surface area (Å²) in [5.74, 6) is 0.212. The fraction of sp³-hybridized carbons (Fsp3) is 0.765. The topological polar surface area (TPSA) is 58.4 Å². The van der Waals surface area contributed by atoms with E-state index in [-0.39, 0.29) is 17.4 Å². The molecule has 5 nitrogen and oxygen atoms in total. The smallest absolute Gasteiger partial charge is 0.227 e. The van der Waals surface area contributed by atoms with E-state index in [1.807, 2.05) is 25.6 Å². The molecule has 1 saturated heterocycles. The molecule has 2 heterocycles. The second kappa shape index (κ2) is 5.37. The highest BCUT2D eigenvalue weighted by Crippen LogP contribution is 2.46. The van der Waals surface area contributed by atoms with E-state index in [4.69, 9.17) is 0 Å². The predicted molar refractivity (Wildman–Crippen MR) is 84.5 cm³/mol. The van der Waals surface area contributed by atoms with Crippen molar-refractivity contribution in [2.75, 3.05) is 6.54 Å². The highest BCUT2D eigenvalue weighted by Gasteiger charge is 2.48. The quantitative estimate of drug-likeness (QED) is 0.905. The first-order valence-corrected chi connectivity index (χ1v) is 8.28. The number of fused-ring (bicyclic) bond motifs is 1. The largest absolute Gasteiger partial charge is 0.393 e. The number of hydrogen-bond acceptors (Lipinski definition) is 3. The minimum absolute atomic E-state index is 0.0896. The highest BCUT2D eigenvalue weighted by atomic mass is 16.3. The summed E-state index contributed by atoms with van der Waals surface area (Å²) in [6.45, 7) is 7.05. The van der Waals surface area contributed by atoms with Gasteiger partial charge in [0.2, 0.25) is 5.91 Å². The zero-order valence-corrected chi connectivity index (χ0v) is 14.1. The van der Waals surface area contributed by atoms with Gasteiger partial charge in [-0.15, -0.1) is 0 Å². The Balaban J connectivity index is 1.76. The lowest BCUT2D eigenvalue weighted by Crippen LogP contribution is -2.46. The SMILES string of the molecule is Cc1nn(C)c(C)c1CC(=O)N1CC[C@@]2(C)C[C@H](O)CC[C@@H]12. The van der Waals surface area contributed by atoms with Gasteiger partial charge in [0.05, 0.1) is 18.2 Å². The van der Waals surface area contributed by atoms with Gasteiger partial charge in [0.1, 0.15) is 0 Å². The summed E-state index contributed by atoms with van der Waals surface area (Å²) in [7, 11) is 1.92. The third-order valence-electron chi connectivity index (χ3n) is 5.89. The van der Waals surface area contributed by atoms with Gasteiger partial charge in [-0.1, -0.05) is 6.92 Å². The molecule has 1 amide bonds. The molecule has 1 aliphatic heterocycles. The van der Waals surface area contributed by atoms with Crippen LogP contribution >= 0.6 is 0 Å². The Bertz CT molecular complexity index is 595. The molecule has 3 atom stereocenters. The number of aliphatic hydroxyl groups is 1. The van der Waals surface area contributed by atoms with Crippen molar-refractivity contribution < 1.29 is 9.90 Å². The number of hydrogen-bond donors (Lipinski definition) is 1. The van der Waals surface area contributed by atoms with E-state index in [1.54, 1.807) is 0 Å². The Labute approximate surface area is 132 Å². The maximum Gasteiger partial charge on any atom is 0.227 e. The summed E-state index contributed by atoms with van der Waals surface area (Å²) in [4.78, 5) is 14.9. The fourth-order valence-electron chi connectivity index (χ4n) is 4.43. The number of carbonyl (C=O) groups excluding carboxylic acids is 1. The normalized spacial score (nSPS) is 31.4. The average molecular weight is 305 g/mol. The van der Waals surface area contributed by atoms with Crippen molar-refractivity contribution in [1.29, 1.82) is 0 Å². The lowest BCUT2D eigenvalue weighted by Gasteiger charge is -2.41. The van der Waals surface area contributed by atoms with Crippen molar-refractivity contribution in [2.45, 2.75) is 65.0 Å². The van der Waals surface area contributed by atoms with Crippen LogP contribution in [0.25, 0.3) is 0 Å². The number of carbonyl (C=O) groups is 1. The van der Waals surface area contributed by atoms with Crippen LogP contribution in [0, 0.1) is 19.3 Å². The Morgan fingerprint density at radius 1 is 1.41 bits per heavy atom. The van der Waals surface area contributed by atoms with Gasteiger partial charge in [-0.25, -0.2) is 0 Å². The predicted octanol–water partition coefficient (Wildman–Crippen LogP) is 1.73. The number of nitrogens with zero attached hydrogens (tertiary/aromatic N) is 3. The van der Waals surface area contributed by atoms with E-state index >= 15 is 0 Å². The average Bonchev–Trinajstić information content (AvgIpc) is 2.89. The molecule has 1 saturated carbocycles. The van der Waals surface area contributed by atoms with Crippen LogP contribution in [-0.4, -0.2) is 44.4 Å². The number of aromatic nitrogens is 2. The molecule has 0 bridgehead atoms. The van der Waals surface area contributed by atoms with Crippen molar-refractivity contribution in [1.82, 2.24) is 14.7 Å². The van der Waals surface area contributed by atoms with Crippen LogP contribution in [0.1, 0.15) is 49.6 Å². The van der Waals surface area contributed by atoms with E-state index in [1.165, 1.54) is 0 Å². The molecule has 22 heavy (non-hydrogen) atoms. The number of aryl methyl sites for hydroxylation is 2. The molecule has 0 spiro atoms. The van der Waals surface area contributed by atoms with Gasteiger partial charge in [-0.3, -0.25) is 9.48 Å². The van der Waals surface area contributed by atoms with Gasteiger partial charge < -0.3 is 10.0 Å². The number of amides is 1. The molecular formula is C17H27N3O2. The lowest BCUT2D eigenvalue weighted by molar-refractivity contribution is -0.133. The van der Waals surface area contributed by atoms with Gasteiger partial charge in [-0.05, 0) is 44.9 Å². The second-order valence-electron chi connectivity index (χ2n) is 7.39. The van der Waals surface area contributed by atoms with Crippen LogP contribution in [-0.2, 0) is 18.3 Å². The summed E-state index contributed by atoms with van der Waals surface area (Å²) in [6, 6.07) is 0.292. The van der Waals surface area contributed by atoms with Crippen molar-refractivity contribution in [3.8, 4) is 0 Å². The maximum atomic E-state index is 12.8. The van der Waals surface area contributed by atoms with E-state index in [0.717, 1.165) is 49.2 Å². The van der Waals surface area contributed by atoms with Gasteiger partial charge >= 0.3 is 0 Å². The second-order valence-corrected chi connectivity index (χ2v) is 7.39. The van der Waals surface area contributed by atoms with Crippen molar-refractivity contribution >= 4 is 5.91 Å². The number of rotatable bonds is 2. The van der Waals surface area contributed by atoms with Crippen LogP contribution < -0.4 is 0 Å². The summed E-state index contributed by atoms with van der Waals surface area (Å²) < 4.78 is 1.85. The molecule has 0 radical (unpaired) electrons. The van der Waals surface area contributed by atoms with Crippen LogP contribution in [0.5, 0.6) is 0 Å². The molecule has 1 aromatic rings. The molecule has 5 heteroatoms. The van der Waals surface area contributed by atoms with Gasteiger partial charge in [0, 0.05) is 30.9 Å². The standard InChI is InChI=1S/C17H27N3O2/c1-11-14(12(2)19(4)18-11)9-16(22)20-8-7-17(3)10-13(21)5-6-15(17)20/h13,15,21H,5-10H2,1-4H3/t13-,15-,17+/m1/s1. The minimum atomic E-state index is -0.195. The van der Waals surface area contributed by atoms with Gasteiger partial charge in [0.25, 0.3) is 0 Å². The van der Waals surface area contributed by atoms with Gasteiger partial charge in [0.15, 0.2) is 0 Å². The van der Waals surface area contributed by atoms with E-state index in [2.05, 4.69) is 16.9 Å². The molecule has 2 aliphatic rings. The first-order chi connectivity index (χ1) is 10.3. The first kappa shape index (κ1) is 15.5. The Kier molecular flexibility index (Phi) is 3.79. The fourth-order valence-corrected chi connectivity index (χ4v) is 4.43. The van der Waals surface area contributed by atoms with Crippen LogP contribution in [0.2, 0.25) is 0 Å². The molecule has 1 aliphatic carbocycles. The molecule has 0 aromatic carbocycles. The Morgan fingerprint density at radius 3 is 2.77 bits per heavy atom. The molecule has 122 valence electrons. The third-order valence-corrected chi connectivity index (χ3v) is 5.89. The minimum Gasteiger partial charge on any atom is -0.393 e. The zero-order valence-electron chi connectivity index (χ0n) is 14.1. The van der Waals surface area contributed by atoms with Crippen LogP contribution in [0.15, 0.2) is 0 Å². The van der Waals surface area contributed by atoms with Crippen molar-refractivity contribution in [3.63, 3.8) is 0 Å².